The third-order valence-electron chi connectivity index (χ3n) is 4.62. The molecule has 2 fully saturated rings. The van der Waals surface area contributed by atoms with E-state index in [4.69, 9.17) is 0 Å². The normalized spacial score (nSPS) is 27.6. The maximum Gasteiger partial charge on any atom is 0.230 e. The molecule has 0 radical (unpaired) electrons. The van der Waals surface area contributed by atoms with Crippen molar-refractivity contribution in [1.82, 2.24) is 5.32 Å². The summed E-state index contributed by atoms with van der Waals surface area (Å²) in [5, 5.41) is 2.43. The Labute approximate surface area is 117 Å². The first-order valence-electron chi connectivity index (χ1n) is 7.25. The van der Waals surface area contributed by atoms with Crippen LogP contribution >= 0.6 is 0 Å². The average Bonchev–Trinajstić information content (AvgIpc) is 2.92. The van der Waals surface area contributed by atoms with Crippen LogP contribution in [0.3, 0.4) is 0 Å². The van der Waals surface area contributed by atoms with Crippen molar-refractivity contribution in [2.75, 3.05) is 0 Å². The van der Waals surface area contributed by atoms with Crippen LogP contribution < -0.4 is 5.32 Å². The molecular formula is C16H18FNO2. The number of benzene rings is 1. The van der Waals surface area contributed by atoms with Gasteiger partial charge in [-0.2, -0.15) is 0 Å². The molecule has 2 unspecified atom stereocenters. The molecule has 4 heteroatoms. The fraction of sp³-hybridized carbons (Fsp3) is 0.500. The Hall–Kier alpha value is -1.71. The lowest BCUT2D eigenvalue weighted by Crippen LogP contribution is -2.47. The lowest BCUT2D eigenvalue weighted by Gasteiger charge is -2.34. The van der Waals surface area contributed by atoms with E-state index in [9.17, 15) is 14.0 Å². The molecule has 3 nitrogen and oxygen atoms in total. The van der Waals surface area contributed by atoms with Gasteiger partial charge in [0.05, 0.1) is 0 Å². The number of halogens is 1. The van der Waals surface area contributed by atoms with Crippen LogP contribution in [-0.4, -0.2) is 11.8 Å². The van der Waals surface area contributed by atoms with E-state index in [0.717, 1.165) is 25.7 Å². The first kappa shape index (κ1) is 13.3. The molecule has 3 rings (SSSR count). The smallest absolute Gasteiger partial charge is 0.230 e. The Kier molecular flexibility index (Phi) is 3.55. The monoisotopic (exact) mass is 275 g/mol. The van der Waals surface area contributed by atoms with Gasteiger partial charge in [0.2, 0.25) is 11.8 Å². The summed E-state index contributed by atoms with van der Waals surface area (Å²) in [6.07, 6.45) is 4.43. The summed E-state index contributed by atoms with van der Waals surface area (Å²) >= 11 is 0. The molecule has 1 aliphatic carbocycles. The zero-order chi connectivity index (χ0) is 14.1. The van der Waals surface area contributed by atoms with Gasteiger partial charge in [0, 0.05) is 18.3 Å². The minimum Gasteiger partial charge on any atom is -0.296 e. The molecule has 0 aromatic heterocycles. The summed E-state index contributed by atoms with van der Waals surface area (Å²) in [5.41, 5.74) is 0.507. The largest absolute Gasteiger partial charge is 0.296 e. The molecule has 2 amide bonds. The molecule has 20 heavy (non-hydrogen) atoms. The number of rotatable bonds is 2. The van der Waals surface area contributed by atoms with E-state index in [-0.39, 0.29) is 41.8 Å². The van der Waals surface area contributed by atoms with Crippen molar-refractivity contribution in [2.45, 2.75) is 38.0 Å². The van der Waals surface area contributed by atoms with Crippen molar-refractivity contribution in [3.05, 3.63) is 35.6 Å². The number of carbonyl (C=O) groups excluding carboxylic acids is 2. The summed E-state index contributed by atoms with van der Waals surface area (Å²) in [5.74, 6) is -1.15. The first-order valence-corrected chi connectivity index (χ1v) is 7.25. The van der Waals surface area contributed by atoms with Gasteiger partial charge in [-0.25, -0.2) is 4.39 Å². The van der Waals surface area contributed by atoms with E-state index in [0.29, 0.717) is 5.56 Å². The van der Waals surface area contributed by atoms with E-state index < -0.39 is 0 Å². The number of piperidine rings is 1. The maximum atomic E-state index is 14.0. The molecule has 1 saturated heterocycles. The van der Waals surface area contributed by atoms with Crippen molar-refractivity contribution in [3.63, 3.8) is 0 Å². The van der Waals surface area contributed by atoms with Gasteiger partial charge in [0.1, 0.15) is 5.82 Å². The van der Waals surface area contributed by atoms with Gasteiger partial charge in [-0.05, 0) is 30.4 Å². The molecule has 1 aromatic carbocycles. The highest BCUT2D eigenvalue weighted by molar-refractivity contribution is 6.00. The zero-order valence-corrected chi connectivity index (χ0v) is 11.3. The standard InChI is InChI=1S/C16H18FNO2/c17-13-8-4-3-7-11(13)12-9-14(19)18-16(20)15(12)10-5-1-2-6-10/h3-4,7-8,10,12,15H,1-2,5-6,9H2,(H,18,19,20). The van der Waals surface area contributed by atoms with Gasteiger partial charge in [0.25, 0.3) is 0 Å². The number of carbonyl (C=O) groups is 2. The van der Waals surface area contributed by atoms with Crippen LogP contribution in [0.2, 0.25) is 0 Å². The van der Waals surface area contributed by atoms with E-state index >= 15 is 0 Å². The van der Waals surface area contributed by atoms with Crippen LogP contribution in [0.5, 0.6) is 0 Å². The predicted octanol–water partition coefficient (Wildman–Crippen LogP) is 2.76. The Morgan fingerprint density at radius 3 is 2.50 bits per heavy atom. The van der Waals surface area contributed by atoms with Crippen molar-refractivity contribution in [2.24, 2.45) is 11.8 Å². The third-order valence-corrected chi connectivity index (χ3v) is 4.62. The SMILES string of the molecule is O=C1CC(c2ccccc2F)C(C2CCCC2)C(=O)N1. The van der Waals surface area contributed by atoms with Gasteiger partial charge in [0.15, 0.2) is 0 Å². The molecule has 2 aliphatic rings. The van der Waals surface area contributed by atoms with Crippen molar-refractivity contribution >= 4 is 11.8 Å². The second-order valence-electron chi connectivity index (χ2n) is 5.81. The summed E-state index contributed by atoms with van der Waals surface area (Å²) in [6.45, 7) is 0. The zero-order valence-electron chi connectivity index (χ0n) is 11.3. The minimum atomic E-state index is -0.319. The Morgan fingerprint density at radius 1 is 1.10 bits per heavy atom. The minimum absolute atomic E-state index is 0.202. The number of imide groups is 1. The second kappa shape index (κ2) is 5.35. The van der Waals surface area contributed by atoms with Gasteiger partial charge < -0.3 is 0 Å². The number of hydrogen-bond acceptors (Lipinski definition) is 2. The second-order valence-corrected chi connectivity index (χ2v) is 5.81. The van der Waals surface area contributed by atoms with Crippen molar-refractivity contribution < 1.29 is 14.0 Å². The fourth-order valence-electron chi connectivity index (χ4n) is 3.72. The Bertz CT molecular complexity index is 537. The predicted molar refractivity (Wildman–Crippen MR) is 72.4 cm³/mol. The summed E-state index contributed by atoms with van der Waals surface area (Å²) in [4.78, 5) is 23.9. The van der Waals surface area contributed by atoms with E-state index in [2.05, 4.69) is 5.32 Å². The highest BCUT2D eigenvalue weighted by atomic mass is 19.1. The van der Waals surface area contributed by atoms with E-state index in [1.165, 1.54) is 6.07 Å². The van der Waals surface area contributed by atoms with E-state index in [1.807, 2.05) is 0 Å². The van der Waals surface area contributed by atoms with Gasteiger partial charge in [-0.1, -0.05) is 31.0 Å². The lowest BCUT2D eigenvalue weighted by atomic mass is 9.73. The van der Waals surface area contributed by atoms with Crippen LogP contribution in [0.1, 0.15) is 43.6 Å². The van der Waals surface area contributed by atoms with Gasteiger partial charge in [-0.15, -0.1) is 0 Å². The van der Waals surface area contributed by atoms with Crippen LogP contribution in [0.4, 0.5) is 4.39 Å². The topological polar surface area (TPSA) is 46.2 Å². The molecule has 1 aliphatic heterocycles. The summed E-state index contributed by atoms with van der Waals surface area (Å²) in [7, 11) is 0. The maximum absolute atomic E-state index is 14.0. The highest BCUT2D eigenvalue weighted by Gasteiger charge is 2.43. The molecule has 0 bridgehead atoms. The molecule has 1 aromatic rings. The summed E-state index contributed by atoms with van der Waals surface area (Å²) < 4.78 is 14.0. The molecular weight excluding hydrogens is 257 g/mol. The number of amides is 2. The van der Waals surface area contributed by atoms with Crippen LogP contribution in [-0.2, 0) is 9.59 Å². The van der Waals surface area contributed by atoms with Crippen molar-refractivity contribution in [3.8, 4) is 0 Å². The molecule has 106 valence electrons. The average molecular weight is 275 g/mol. The molecule has 1 N–H and O–H groups in total. The van der Waals surface area contributed by atoms with Crippen molar-refractivity contribution in [1.29, 1.82) is 0 Å². The Balaban J connectivity index is 1.97. The quantitative estimate of drug-likeness (QED) is 0.844. The fourth-order valence-corrected chi connectivity index (χ4v) is 3.72. The van der Waals surface area contributed by atoms with Crippen LogP contribution in [0, 0.1) is 17.7 Å². The first-order chi connectivity index (χ1) is 9.66. The van der Waals surface area contributed by atoms with Gasteiger partial charge in [-0.3, -0.25) is 14.9 Å². The van der Waals surface area contributed by atoms with Gasteiger partial charge >= 0.3 is 0 Å². The molecule has 1 saturated carbocycles. The van der Waals surface area contributed by atoms with Crippen LogP contribution in [0.15, 0.2) is 24.3 Å². The van der Waals surface area contributed by atoms with Crippen LogP contribution in [0.25, 0.3) is 0 Å². The lowest BCUT2D eigenvalue weighted by molar-refractivity contribution is -0.138. The Morgan fingerprint density at radius 2 is 1.80 bits per heavy atom. The molecule has 0 spiro atoms. The highest BCUT2D eigenvalue weighted by Crippen LogP contribution is 2.43. The molecule has 2 atom stereocenters. The molecule has 1 heterocycles. The number of nitrogens with one attached hydrogen (secondary N) is 1. The summed E-state index contributed by atoms with van der Waals surface area (Å²) in [6, 6.07) is 6.50. The van der Waals surface area contributed by atoms with E-state index in [1.54, 1.807) is 18.2 Å². The third kappa shape index (κ3) is 2.35. The number of hydrogen-bond donors (Lipinski definition) is 1.